The number of carbonyl (C=O) groups is 6. The maximum Gasteiger partial charge on any atom is 0.246 e. The average molecular weight is 1890 g/mol. The molecule has 10 aliphatic heterocycles. The van der Waals surface area contributed by atoms with Gasteiger partial charge in [0.15, 0.2) is 0 Å². The summed E-state index contributed by atoms with van der Waals surface area (Å²) in [6.07, 6.45) is 28.4. The van der Waals surface area contributed by atoms with Crippen molar-refractivity contribution in [2.75, 3.05) is 107 Å². The molecular formula is C100H114Cl4N10O6S6. The van der Waals surface area contributed by atoms with Crippen LogP contribution >= 0.6 is 114 Å². The number of hydrogen-bond donors (Lipinski definition) is 0. The van der Waals surface area contributed by atoms with E-state index < -0.39 is 0 Å². The van der Waals surface area contributed by atoms with E-state index in [-0.39, 0.29) is 59.1 Å². The summed E-state index contributed by atoms with van der Waals surface area (Å²) < 4.78 is 3.15. The first-order chi connectivity index (χ1) is 60.8. The quantitative estimate of drug-likeness (QED) is 0.0969. The van der Waals surface area contributed by atoms with E-state index >= 15 is 0 Å². The van der Waals surface area contributed by atoms with E-state index in [4.69, 9.17) is 46.4 Å². The van der Waals surface area contributed by atoms with E-state index in [9.17, 15) is 28.8 Å². The third kappa shape index (κ3) is 22.9. The number of aryl methyl sites for hydroxylation is 2. The van der Waals surface area contributed by atoms with Gasteiger partial charge in [0.25, 0.3) is 0 Å². The molecule has 2 saturated heterocycles. The number of fused-ring (bicyclic) bond motifs is 6. The van der Waals surface area contributed by atoms with E-state index in [0.29, 0.717) is 76.0 Å². The van der Waals surface area contributed by atoms with Crippen molar-refractivity contribution in [3.63, 3.8) is 0 Å². The van der Waals surface area contributed by atoms with Crippen molar-refractivity contribution in [1.82, 2.24) is 49.0 Å². The molecule has 0 radical (unpaired) electrons. The van der Waals surface area contributed by atoms with Gasteiger partial charge in [0.05, 0.1) is 56.6 Å². The lowest BCUT2D eigenvalue weighted by atomic mass is 9.79. The maximum atomic E-state index is 12.1. The number of halogens is 4. The minimum atomic E-state index is -0.0242. The summed E-state index contributed by atoms with van der Waals surface area (Å²) >= 11 is 34.7. The van der Waals surface area contributed by atoms with Crippen LogP contribution in [0.2, 0.25) is 17.3 Å². The highest BCUT2D eigenvalue weighted by atomic mass is 35.5. The van der Waals surface area contributed by atoms with E-state index in [1.807, 2.05) is 41.5 Å². The van der Waals surface area contributed by atoms with Crippen molar-refractivity contribution in [3.8, 4) is 0 Å². The summed E-state index contributed by atoms with van der Waals surface area (Å²) in [5.41, 5.74) is 15.7. The first kappa shape index (κ1) is 95.1. The first-order valence-corrected chi connectivity index (χ1v) is 49.8. The third-order valence-electron chi connectivity index (χ3n) is 25.5. The average Bonchev–Trinajstić information content (AvgIpc) is 1.72. The predicted octanol–water partition coefficient (Wildman–Crippen LogP) is 21.4. The SMILES string of the molecule is C=CC(=O)N1Cc2sc(Cl)cc2[C@@H](C2=CN(C)CC=C2)C1.C=CC(=O)N1Cc2sc(Cl)cc2[C@@H](c2ccccc2CC)C1.C=CC(=O)N1Cc2sc(Cl)cc2[C@H](C2=CN(C)CC=C2)C1.C=CC(=O)N1Cc2sc(Cl)cc2[C@H](c2ccccc2CC)C1.C=CC(=O)N1Cc2sccc2[C@@H]([C@@H]2CCCN(C)C2)C1.C=CC(=O)N1Cc2sccc2[C@@H]([C@H]2CCCN(C)C2)C1. The zero-order chi connectivity index (χ0) is 89.6. The van der Waals surface area contributed by atoms with Gasteiger partial charge in [-0.15, -0.1) is 68.0 Å². The van der Waals surface area contributed by atoms with Crippen LogP contribution in [0.4, 0.5) is 0 Å². The van der Waals surface area contributed by atoms with Crippen LogP contribution in [0.1, 0.15) is 160 Å². The fraction of sp³-hybridized carbons (Fsp3) is 0.380. The molecule has 10 aliphatic rings. The number of thiophene rings is 6. The number of carbonyl (C=O) groups excluding carboxylic acids is 6. The number of amides is 6. The molecule has 0 bridgehead atoms. The molecule has 8 aromatic rings. The molecule has 16 nitrogen and oxygen atoms in total. The molecule has 18 rings (SSSR count). The monoisotopic (exact) mass is 1880 g/mol. The minimum Gasteiger partial charge on any atom is -0.376 e. The minimum absolute atomic E-state index is 0.0193. The van der Waals surface area contributed by atoms with Gasteiger partial charge in [-0.3, -0.25) is 28.8 Å². The van der Waals surface area contributed by atoms with Crippen LogP contribution in [0, 0.1) is 11.8 Å². The fourth-order valence-electron chi connectivity index (χ4n) is 19.3. The molecule has 8 atom stereocenters. The lowest BCUT2D eigenvalue weighted by molar-refractivity contribution is -0.128. The van der Waals surface area contributed by atoms with Crippen LogP contribution in [0.5, 0.6) is 0 Å². The molecule has 2 fully saturated rings. The molecule has 0 spiro atoms. The van der Waals surface area contributed by atoms with Gasteiger partial charge in [-0.05, 0) is 228 Å². The molecule has 16 heterocycles. The first-order valence-electron chi connectivity index (χ1n) is 43.2. The Bertz CT molecular complexity index is 5120. The largest absolute Gasteiger partial charge is 0.376 e. The Morgan fingerprint density at radius 2 is 0.667 bits per heavy atom. The van der Waals surface area contributed by atoms with E-state index in [1.165, 1.54) is 171 Å². The van der Waals surface area contributed by atoms with Crippen molar-refractivity contribution in [2.45, 2.75) is 127 Å². The Labute approximate surface area is 788 Å². The van der Waals surface area contributed by atoms with Gasteiger partial charge in [-0.1, -0.05) is 173 Å². The second kappa shape index (κ2) is 44.2. The van der Waals surface area contributed by atoms with Crippen LogP contribution in [-0.2, 0) is 80.9 Å². The van der Waals surface area contributed by atoms with Crippen LogP contribution in [0.15, 0.2) is 219 Å². The Balaban J connectivity index is 0.000000130. The lowest BCUT2D eigenvalue weighted by Crippen LogP contribution is -2.43. The van der Waals surface area contributed by atoms with Crippen molar-refractivity contribution in [1.29, 1.82) is 0 Å². The molecule has 6 amide bonds. The van der Waals surface area contributed by atoms with Gasteiger partial charge >= 0.3 is 0 Å². The number of benzene rings is 2. The number of hydrogen-bond acceptors (Lipinski definition) is 16. The Morgan fingerprint density at radius 1 is 0.373 bits per heavy atom. The highest BCUT2D eigenvalue weighted by molar-refractivity contribution is 7.17. The second-order valence-electron chi connectivity index (χ2n) is 33.7. The zero-order valence-corrected chi connectivity index (χ0v) is 80.8. The van der Waals surface area contributed by atoms with Crippen LogP contribution in [0.25, 0.3) is 0 Å². The molecule has 0 unspecified atom stereocenters. The summed E-state index contributed by atoms with van der Waals surface area (Å²) in [6.45, 7) is 41.0. The van der Waals surface area contributed by atoms with Crippen molar-refractivity contribution >= 4 is 150 Å². The normalized spacial score (nSPS) is 21.6. The highest BCUT2D eigenvalue weighted by Gasteiger charge is 2.40. The fourth-order valence-corrected chi connectivity index (χ4v) is 26.6. The number of likely N-dealkylation sites (N-methyl/N-ethyl adjacent to an activating group) is 2. The lowest BCUT2D eigenvalue weighted by Gasteiger charge is -2.40. The van der Waals surface area contributed by atoms with Gasteiger partial charge in [-0.2, -0.15) is 0 Å². The van der Waals surface area contributed by atoms with Gasteiger partial charge in [0.1, 0.15) is 0 Å². The molecule has 0 saturated carbocycles. The predicted molar refractivity (Wildman–Crippen MR) is 526 cm³/mol. The van der Waals surface area contributed by atoms with Crippen LogP contribution in [-0.4, -0.2) is 191 Å². The zero-order valence-electron chi connectivity index (χ0n) is 72.9. The Morgan fingerprint density at radius 3 is 0.968 bits per heavy atom. The third-order valence-corrected chi connectivity index (χ3v) is 32.4. The summed E-state index contributed by atoms with van der Waals surface area (Å²) in [5.74, 6) is 3.12. The van der Waals surface area contributed by atoms with E-state index in [1.54, 1.807) is 68.0 Å². The summed E-state index contributed by atoms with van der Waals surface area (Å²) in [6, 6.07) is 29.7. The van der Waals surface area contributed by atoms with E-state index in [0.717, 1.165) is 82.5 Å². The molecule has 0 aliphatic carbocycles. The summed E-state index contributed by atoms with van der Waals surface area (Å²) in [5, 5.41) is 4.35. The number of allylic oxidation sites excluding steroid dienone is 2. The van der Waals surface area contributed by atoms with Gasteiger partial charge in [0, 0.05) is 157 Å². The number of likely N-dealkylation sites (tertiary alicyclic amines) is 2. The second-order valence-corrected chi connectivity index (χ2v) is 42.7. The maximum absolute atomic E-state index is 12.1. The topological polar surface area (TPSA) is 135 Å². The molecule has 126 heavy (non-hydrogen) atoms. The van der Waals surface area contributed by atoms with Gasteiger partial charge in [-0.25, -0.2) is 0 Å². The number of nitrogens with zero attached hydrogens (tertiary/aromatic N) is 10. The van der Waals surface area contributed by atoms with Gasteiger partial charge < -0.3 is 49.0 Å². The Kier molecular flexibility index (Phi) is 33.4. The van der Waals surface area contributed by atoms with Crippen molar-refractivity contribution in [2.24, 2.45) is 11.8 Å². The smallest absolute Gasteiger partial charge is 0.246 e. The molecule has 6 aromatic heterocycles. The summed E-state index contributed by atoms with van der Waals surface area (Å²) in [7, 11) is 8.52. The molecule has 0 N–H and O–H groups in total. The highest BCUT2D eigenvalue weighted by Crippen LogP contribution is 2.48. The van der Waals surface area contributed by atoms with Gasteiger partial charge in [0.2, 0.25) is 35.4 Å². The molecule has 664 valence electrons. The van der Waals surface area contributed by atoms with Crippen LogP contribution < -0.4 is 0 Å². The Hall–Kier alpha value is -8.46. The number of piperidine rings is 2. The van der Waals surface area contributed by atoms with E-state index in [2.05, 4.69) is 221 Å². The molecular weight excluding hydrogens is 1770 g/mol. The standard InChI is InChI=1S/2C18H18ClNOS.2C16H17ClN2OS.2C16H22N2OS/c2*1-3-12-7-5-6-8-13(12)15-10-20(18(21)4-2)11-16-14(15)9-17(19)22-16;2*1-3-16(20)19-9-13(11-5-4-6-18(2)8-11)12-7-15(17)21-14(12)10-19;2*1-3-16(19)18-10-14(12-5-4-7-17(2)9-12)13-6-8-20-15(13)11-18/h2*4-9,15H,2-3,10-11H2,1H3;2*3-5,7-8,13H,1,6,9-10H2,2H3;2*3,6,8,12,14H,1,4-5,7,9-11H2,2H3/t2*15-;2*13-;12-,14+;12-,14-/m101001/s1. The van der Waals surface area contributed by atoms with Crippen LogP contribution in [0.3, 0.4) is 0 Å². The van der Waals surface area contributed by atoms with Crippen molar-refractivity contribution in [3.05, 3.63) is 322 Å². The molecule has 26 heteroatoms. The summed E-state index contributed by atoms with van der Waals surface area (Å²) in [4.78, 5) is 100. The van der Waals surface area contributed by atoms with Crippen molar-refractivity contribution < 1.29 is 28.8 Å². The molecule has 2 aromatic carbocycles. The number of rotatable bonds is 14.